The Morgan fingerprint density at radius 1 is 1.33 bits per heavy atom. The number of rotatable bonds is 3. The van der Waals surface area contributed by atoms with Gasteiger partial charge in [0.25, 0.3) is 0 Å². The van der Waals surface area contributed by atoms with Crippen molar-refractivity contribution in [1.82, 2.24) is 5.32 Å². The molecule has 0 aliphatic carbocycles. The highest BCUT2D eigenvalue weighted by atomic mass is 16.5. The van der Waals surface area contributed by atoms with Crippen LogP contribution in [-0.2, 0) is 9.53 Å². The van der Waals surface area contributed by atoms with Crippen LogP contribution in [0.15, 0.2) is 18.2 Å². The first kappa shape index (κ1) is 11.7. The second kappa shape index (κ2) is 4.94. The fraction of sp³-hybridized carbons (Fsp3) is 0.417. The van der Waals surface area contributed by atoms with Gasteiger partial charge in [-0.1, -0.05) is 18.2 Å². The summed E-state index contributed by atoms with van der Waals surface area (Å²) >= 11 is 0. The maximum Gasteiger partial charge on any atom is 0.327 e. The van der Waals surface area contributed by atoms with E-state index >= 15 is 0 Å². The zero-order valence-corrected chi connectivity index (χ0v) is 9.63. The van der Waals surface area contributed by atoms with Crippen molar-refractivity contribution in [1.29, 1.82) is 0 Å². The lowest BCUT2D eigenvalue weighted by molar-refractivity contribution is -0.143. The van der Waals surface area contributed by atoms with Crippen LogP contribution in [0.1, 0.15) is 22.7 Å². The molecule has 1 rings (SSSR count). The van der Waals surface area contributed by atoms with Crippen molar-refractivity contribution in [2.24, 2.45) is 0 Å². The van der Waals surface area contributed by atoms with E-state index in [1.807, 2.05) is 32.0 Å². The van der Waals surface area contributed by atoms with Crippen LogP contribution in [0.5, 0.6) is 0 Å². The summed E-state index contributed by atoms with van der Waals surface area (Å²) < 4.78 is 4.77. The molecule has 0 amide bonds. The SMILES string of the molecule is CNC(C(=O)OC)c1c(C)cccc1C. The van der Waals surface area contributed by atoms with Gasteiger partial charge in [0.1, 0.15) is 6.04 Å². The third-order valence-corrected chi connectivity index (χ3v) is 2.56. The van der Waals surface area contributed by atoms with E-state index < -0.39 is 0 Å². The van der Waals surface area contributed by atoms with Gasteiger partial charge in [0.2, 0.25) is 0 Å². The third-order valence-electron chi connectivity index (χ3n) is 2.56. The molecule has 0 bridgehead atoms. The summed E-state index contributed by atoms with van der Waals surface area (Å²) in [5, 5.41) is 2.98. The number of ether oxygens (including phenoxy) is 1. The standard InChI is InChI=1S/C12H17NO2/c1-8-6-5-7-9(2)10(8)11(13-3)12(14)15-4/h5-7,11,13H,1-4H3. The van der Waals surface area contributed by atoms with Crippen LogP contribution >= 0.6 is 0 Å². The van der Waals surface area contributed by atoms with E-state index in [0.717, 1.165) is 16.7 Å². The summed E-state index contributed by atoms with van der Waals surface area (Å²) in [6, 6.07) is 5.60. The molecule has 82 valence electrons. The zero-order chi connectivity index (χ0) is 11.4. The molecule has 1 N–H and O–H groups in total. The fourth-order valence-corrected chi connectivity index (χ4v) is 1.78. The van der Waals surface area contributed by atoms with Crippen LogP contribution in [0.2, 0.25) is 0 Å². The number of esters is 1. The lowest BCUT2D eigenvalue weighted by atomic mass is 9.96. The molecule has 0 aliphatic heterocycles. The summed E-state index contributed by atoms with van der Waals surface area (Å²) in [5.74, 6) is -0.255. The van der Waals surface area contributed by atoms with E-state index in [9.17, 15) is 4.79 Å². The molecule has 1 aromatic carbocycles. The highest BCUT2D eigenvalue weighted by molar-refractivity contribution is 5.78. The van der Waals surface area contributed by atoms with Crippen molar-refractivity contribution in [3.63, 3.8) is 0 Å². The van der Waals surface area contributed by atoms with Gasteiger partial charge in [-0.2, -0.15) is 0 Å². The van der Waals surface area contributed by atoms with Gasteiger partial charge in [-0.3, -0.25) is 0 Å². The van der Waals surface area contributed by atoms with E-state index in [2.05, 4.69) is 5.32 Å². The number of likely N-dealkylation sites (N-methyl/N-ethyl adjacent to an activating group) is 1. The van der Waals surface area contributed by atoms with Crippen LogP contribution in [-0.4, -0.2) is 20.1 Å². The minimum Gasteiger partial charge on any atom is -0.468 e. The molecule has 1 atom stereocenters. The Kier molecular flexibility index (Phi) is 3.86. The first-order valence-corrected chi connectivity index (χ1v) is 4.93. The minimum absolute atomic E-state index is 0.255. The van der Waals surface area contributed by atoms with Gasteiger partial charge in [-0.15, -0.1) is 0 Å². The van der Waals surface area contributed by atoms with E-state index in [0.29, 0.717) is 0 Å². The van der Waals surface area contributed by atoms with Gasteiger partial charge >= 0.3 is 5.97 Å². The number of carbonyl (C=O) groups is 1. The minimum atomic E-state index is -0.379. The molecular formula is C12H17NO2. The lowest BCUT2D eigenvalue weighted by Crippen LogP contribution is -2.27. The Balaban J connectivity index is 3.17. The topological polar surface area (TPSA) is 38.3 Å². The number of benzene rings is 1. The second-order valence-corrected chi connectivity index (χ2v) is 3.55. The number of methoxy groups -OCH3 is 1. The average Bonchev–Trinajstić information content (AvgIpc) is 2.22. The first-order chi connectivity index (χ1) is 7.11. The van der Waals surface area contributed by atoms with Gasteiger partial charge in [-0.25, -0.2) is 4.79 Å². The molecule has 3 nitrogen and oxygen atoms in total. The van der Waals surface area contributed by atoms with Gasteiger partial charge in [-0.05, 0) is 37.6 Å². The zero-order valence-electron chi connectivity index (χ0n) is 9.63. The molecule has 0 aromatic heterocycles. The van der Waals surface area contributed by atoms with Crippen LogP contribution in [0, 0.1) is 13.8 Å². The normalized spacial score (nSPS) is 12.3. The first-order valence-electron chi connectivity index (χ1n) is 4.93. The van der Waals surface area contributed by atoms with Crippen LogP contribution in [0.4, 0.5) is 0 Å². The molecule has 0 heterocycles. The van der Waals surface area contributed by atoms with Crippen LogP contribution in [0.3, 0.4) is 0 Å². The maximum absolute atomic E-state index is 11.6. The Bertz CT molecular complexity index is 340. The molecule has 3 heteroatoms. The highest BCUT2D eigenvalue weighted by Gasteiger charge is 2.22. The van der Waals surface area contributed by atoms with Crippen molar-refractivity contribution >= 4 is 5.97 Å². The predicted molar refractivity (Wildman–Crippen MR) is 59.7 cm³/mol. The molecule has 0 radical (unpaired) electrons. The number of nitrogens with one attached hydrogen (secondary N) is 1. The molecule has 0 fully saturated rings. The fourth-order valence-electron chi connectivity index (χ4n) is 1.78. The van der Waals surface area contributed by atoms with E-state index in [4.69, 9.17) is 4.74 Å². The maximum atomic E-state index is 11.6. The summed E-state index contributed by atoms with van der Waals surface area (Å²) in [7, 11) is 3.16. The Morgan fingerprint density at radius 2 is 1.87 bits per heavy atom. The summed E-state index contributed by atoms with van der Waals surface area (Å²) in [6.07, 6.45) is 0. The van der Waals surface area contributed by atoms with Crippen molar-refractivity contribution < 1.29 is 9.53 Å². The molecular weight excluding hydrogens is 190 g/mol. The summed E-state index contributed by atoms with van der Waals surface area (Å²) in [5.41, 5.74) is 3.20. The number of hydrogen-bond acceptors (Lipinski definition) is 3. The quantitative estimate of drug-likeness (QED) is 0.767. The molecule has 0 saturated carbocycles. The Morgan fingerprint density at radius 3 is 2.27 bits per heavy atom. The largest absolute Gasteiger partial charge is 0.468 e. The van der Waals surface area contributed by atoms with E-state index in [1.165, 1.54) is 7.11 Å². The number of carbonyl (C=O) groups excluding carboxylic acids is 1. The molecule has 0 saturated heterocycles. The third kappa shape index (κ3) is 2.36. The van der Waals surface area contributed by atoms with Gasteiger partial charge < -0.3 is 10.1 Å². The van der Waals surface area contributed by atoms with Crippen molar-refractivity contribution in [2.75, 3.05) is 14.2 Å². The molecule has 1 unspecified atom stereocenters. The van der Waals surface area contributed by atoms with E-state index in [-0.39, 0.29) is 12.0 Å². The van der Waals surface area contributed by atoms with Gasteiger partial charge in [0, 0.05) is 0 Å². The Labute approximate surface area is 90.4 Å². The smallest absolute Gasteiger partial charge is 0.327 e. The van der Waals surface area contributed by atoms with Crippen LogP contribution in [0.25, 0.3) is 0 Å². The molecule has 15 heavy (non-hydrogen) atoms. The van der Waals surface area contributed by atoms with Crippen molar-refractivity contribution in [3.8, 4) is 0 Å². The van der Waals surface area contributed by atoms with Crippen molar-refractivity contribution in [2.45, 2.75) is 19.9 Å². The molecule has 1 aromatic rings. The number of hydrogen-bond donors (Lipinski definition) is 1. The van der Waals surface area contributed by atoms with Gasteiger partial charge in [0.05, 0.1) is 7.11 Å². The predicted octanol–water partition coefficient (Wildman–Crippen LogP) is 1.74. The van der Waals surface area contributed by atoms with E-state index in [1.54, 1.807) is 7.05 Å². The highest BCUT2D eigenvalue weighted by Crippen LogP contribution is 2.22. The second-order valence-electron chi connectivity index (χ2n) is 3.55. The molecule has 0 spiro atoms. The van der Waals surface area contributed by atoms with Crippen molar-refractivity contribution in [3.05, 3.63) is 34.9 Å². The summed E-state index contributed by atoms with van der Waals surface area (Å²) in [4.78, 5) is 11.6. The Hall–Kier alpha value is -1.35. The molecule has 0 aliphatic rings. The van der Waals surface area contributed by atoms with Gasteiger partial charge in [0.15, 0.2) is 0 Å². The lowest BCUT2D eigenvalue weighted by Gasteiger charge is -2.18. The number of aryl methyl sites for hydroxylation is 2. The monoisotopic (exact) mass is 207 g/mol. The van der Waals surface area contributed by atoms with Crippen LogP contribution < -0.4 is 5.32 Å². The summed E-state index contributed by atoms with van der Waals surface area (Å²) in [6.45, 7) is 3.99. The average molecular weight is 207 g/mol.